The molecule has 98 valence electrons. The van der Waals surface area contributed by atoms with Crippen LogP contribution in [0.25, 0.3) is 0 Å². The Labute approximate surface area is 101 Å². The SMILES string of the molecule is CC.CC.CCC(=O)CNC1CCNCC1. The number of hydrogen-bond acceptors (Lipinski definition) is 3. The summed E-state index contributed by atoms with van der Waals surface area (Å²) in [7, 11) is 0. The average Bonchev–Trinajstić information content (AvgIpc) is 2.41. The zero-order chi connectivity index (χ0) is 12.8. The molecule has 3 nitrogen and oxygen atoms in total. The Morgan fingerprint density at radius 1 is 1.19 bits per heavy atom. The van der Waals surface area contributed by atoms with Gasteiger partial charge in [-0.1, -0.05) is 34.6 Å². The molecule has 1 aliphatic heterocycles. The van der Waals surface area contributed by atoms with Crippen LogP contribution in [-0.2, 0) is 4.79 Å². The van der Waals surface area contributed by atoms with Gasteiger partial charge in [0, 0.05) is 12.5 Å². The molecule has 1 heterocycles. The predicted molar refractivity (Wildman–Crippen MR) is 71.9 cm³/mol. The van der Waals surface area contributed by atoms with E-state index in [0.717, 1.165) is 25.9 Å². The summed E-state index contributed by atoms with van der Waals surface area (Å²) in [5.41, 5.74) is 0. The number of carbonyl (C=O) groups excluding carboxylic acids is 1. The van der Waals surface area contributed by atoms with Crippen molar-refractivity contribution in [3.8, 4) is 0 Å². The van der Waals surface area contributed by atoms with Gasteiger partial charge in [0.15, 0.2) is 0 Å². The lowest BCUT2D eigenvalue weighted by molar-refractivity contribution is -0.118. The fourth-order valence-electron chi connectivity index (χ4n) is 1.41. The van der Waals surface area contributed by atoms with Crippen molar-refractivity contribution >= 4 is 5.78 Å². The highest BCUT2D eigenvalue weighted by molar-refractivity contribution is 5.80. The molecule has 0 bridgehead atoms. The van der Waals surface area contributed by atoms with Gasteiger partial charge in [0.05, 0.1) is 6.54 Å². The van der Waals surface area contributed by atoms with E-state index >= 15 is 0 Å². The zero-order valence-corrected chi connectivity index (χ0v) is 11.7. The number of ketones is 1. The Hall–Kier alpha value is -0.410. The van der Waals surface area contributed by atoms with Crippen LogP contribution in [0, 0.1) is 0 Å². The van der Waals surface area contributed by atoms with E-state index in [1.54, 1.807) is 0 Å². The molecule has 16 heavy (non-hydrogen) atoms. The summed E-state index contributed by atoms with van der Waals surface area (Å²) < 4.78 is 0. The molecule has 0 unspecified atom stereocenters. The fraction of sp³-hybridized carbons (Fsp3) is 0.923. The first-order valence-electron chi connectivity index (χ1n) is 6.78. The minimum atomic E-state index is 0.313. The van der Waals surface area contributed by atoms with E-state index in [1.807, 2.05) is 34.6 Å². The number of rotatable bonds is 4. The Balaban J connectivity index is 0. The number of hydrogen-bond donors (Lipinski definition) is 2. The third-order valence-corrected chi connectivity index (χ3v) is 2.32. The van der Waals surface area contributed by atoms with Crippen molar-refractivity contribution in [1.82, 2.24) is 10.6 Å². The lowest BCUT2D eigenvalue weighted by Gasteiger charge is -2.23. The van der Waals surface area contributed by atoms with Gasteiger partial charge in [0.1, 0.15) is 5.78 Å². The lowest BCUT2D eigenvalue weighted by Crippen LogP contribution is -2.41. The first kappa shape index (κ1) is 18.0. The van der Waals surface area contributed by atoms with Gasteiger partial charge in [0.25, 0.3) is 0 Å². The second-order valence-electron chi connectivity index (χ2n) is 3.30. The standard InChI is InChI=1S/C9H18N2O.2C2H6/c1-2-9(12)7-11-8-3-5-10-6-4-8;2*1-2/h8,10-11H,2-7H2,1H3;2*1-2H3. The van der Waals surface area contributed by atoms with Gasteiger partial charge < -0.3 is 10.6 Å². The molecule has 0 aromatic heterocycles. The Bertz CT molecular complexity index is 143. The van der Waals surface area contributed by atoms with Crippen molar-refractivity contribution in [3.05, 3.63) is 0 Å². The Kier molecular flexibility index (Phi) is 16.4. The van der Waals surface area contributed by atoms with E-state index in [2.05, 4.69) is 10.6 Å². The van der Waals surface area contributed by atoms with E-state index in [4.69, 9.17) is 0 Å². The first-order valence-corrected chi connectivity index (χ1v) is 6.78. The second-order valence-corrected chi connectivity index (χ2v) is 3.30. The number of Topliss-reactive ketones (excluding diaryl/α,β-unsaturated/α-hetero) is 1. The smallest absolute Gasteiger partial charge is 0.146 e. The molecule has 2 N–H and O–H groups in total. The van der Waals surface area contributed by atoms with Crippen LogP contribution in [0.1, 0.15) is 53.9 Å². The summed E-state index contributed by atoms with van der Waals surface area (Å²) in [5, 5.41) is 6.57. The minimum absolute atomic E-state index is 0.313. The Morgan fingerprint density at radius 2 is 1.69 bits per heavy atom. The van der Waals surface area contributed by atoms with Crippen LogP contribution < -0.4 is 10.6 Å². The molecular weight excluding hydrogens is 200 g/mol. The normalized spacial score (nSPS) is 15.3. The second kappa shape index (κ2) is 14.6. The highest BCUT2D eigenvalue weighted by Crippen LogP contribution is 2.01. The monoisotopic (exact) mass is 230 g/mol. The van der Waals surface area contributed by atoms with Crippen LogP contribution in [0.3, 0.4) is 0 Å². The van der Waals surface area contributed by atoms with Gasteiger partial charge in [-0.2, -0.15) is 0 Å². The van der Waals surface area contributed by atoms with Crippen LogP contribution >= 0.6 is 0 Å². The lowest BCUT2D eigenvalue weighted by atomic mass is 10.1. The van der Waals surface area contributed by atoms with Crippen molar-refractivity contribution < 1.29 is 4.79 Å². The van der Waals surface area contributed by atoms with Gasteiger partial charge in [-0.3, -0.25) is 4.79 Å². The third kappa shape index (κ3) is 10.1. The molecule has 0 radical (unpaired) electrons. The largest absolute Gasteiger partial charge is 0.317 e. The number of carbonyl (C=O) groups is 1. The van der Waals surface area contributed by atoms with Crippen molar-refractivity contribution in [3.63, 3.8) is 0 Å². The molecule has 0 aromatic rings. The maximum Gasteiger partial charge on any atom is 0.146 e. The van der Waals surface area contributed by atoms with E-state index in [9.17, 15) is 4.79 Å². The van der Waals surface area contributed by atoms with Crippen LogP contribution in [0.2, 0.25) is 0 Å². The fourth-order valence-corrected chi connectivity index (χ4v) is 1.41. The van der Waals surface area contributed by atoms with Crippen LogP contribution in [0.15, 0.2) is 0 Å². The molecule has 0 amide bonds. The van der Waals surface area contributed by atoms with Crippen molar-refractivity contribution in [2.45, 2.75) is 59.9 Å². The van der Waals surface area contributed by atoms with Crippen molar-refractivity contribution in [2.24, 2.45) is 0 Å². The molecule has 1 fully saturated rings. The summed E-state index contributed by atoms with van der Waals surface area (Å²) in [6.45, 7) is 12.6. The summed E-state index contributed by atoms with van der Waals surface area (Å²) in [4.78, 5) is 11.0. The van der Waals surface area contributed by atoms with E-state index in [0.29, 0.717) is 24.8 Å². The maximum absolute atomic E-state index is 11.0. The van der Waals surface area contributed by atoms with Crippen molar-refractivity contribution in [2.75, 3.05) is 19.6 Å². The molecule has 0 aromatic carbocycles. The van der Waals surface area contributed by atoms with Gasteiger partial charge in [-0.05, 0) is 25.9 Å². The molecule has 0 atom stereocenters. The zero-order valence-electron chi connectivity index (χ0n) is 11.7. The van der Waals surface area contributed by atoms with Crippen LogP contribution in [0.4, 0.5) is 0 Å². The molecule has 1 rings (SSSR count). The van der Waals surface area contributed by atoms with E-state index < -0.39 is 0 Å². The Morgan fingerprint density at radius 3 is 2.12 bits per heavy atom. The molecule has 0 spiro atoms. The summed E-state index contributed by atoms with van der Waals surface area (Å²) in [6.07, 6.45) is 2.95. The molecule has 0 saturated carbocycles. The third-order valence-electron chi connectivity index (χ3n) is 2.32. The van der Waals surface area contributed by atoms with Gasteiger partial charge in [0.2, 0.25) is 0 Å². The molecule has 1 aliphatic rings. The summed E-state index contributed by atoms with van der Waals surface area (Å²) in [6, 6.07) is 0.557. The molecule has 3 heteroatoms. The van der Waals surface area contributed by atoms with Gasteiger partial charge in [-0.15, -0.1) is 0 Å². The van der Waals surface area contributed by atoms with E-state index in [-0.39, 0.29) is 0 Å². The quantitative estimate of drug-likeness (QED) is 0.779. The van der Waals surface area contributed by atoms with Crippen molar-refractivity contribution in [1.29, 1.82) is 0 Å². The van der Waals surface area contributed by atoms with E-state index in [1.165, 1.54) is 0 Å². The first-order chi connectivity index (χ1) is 7.83. The molecule has 1 saturated heterocycles. The van der Waals surface area contributed by atoms with Crippen LogP contribution in [-0.4, -0.2) is 31.5 Å². The van der Waals surface area contributed by atoms with Gasteiger partial charge >= 0.3 is 0 Å². The number of nitrogens with one attached hydrogen (secondary N) is 2. The molecule has 0 aliphatic carbocycles. The minimum Gasteiger partial charge on any atom is -0.317 e. The summed E-state index contributed by atoms with van der Waals surface area (Å²) in [5.74, 6) is 0.313. The number of piperidine rings is 1. The highest BCUT2D eigenvalue weighted by Gasteiger charge is 2.12. The predicted octanol–water partition coefficient (Wildman–Crippen LogP) is 2.36. The average molecular weight is 230 g/mol. The highest BCUT2D eigenvalue weighted by atomic mass is 16.1. The topological polar surface area (TPSA) is 41.1 Å². The summed E-state index contributed by atoms with van der Waals surface area (Å²) >= 11 is 0. The maximum atomic E-state index is 11.0. The van der Waals surface area contributed by atoms with Crippen LogP contribution in [0.5, 0.6) is 0 Å². The molecular formula is C13H30N2O. The van der Waals surface area contributed by atoms with Gasteiger partial charge in [-0.25, -0.2) is 0 Å².